The summed E-state index contributed by atoms with van der Waals surface area (Å²) in [7, 11) is 0. The van der Waals surface area contributed by atoms with Crippen molar-refractivity contribution in [1.29, 1.82) is 0 Å². The maximum absolute atomic E-state index is 12.3. The molecule has 8 nitrogen and oxygen atoms in total. The molecule has 0 aliphatic rings. The van der Waals surface area contributed by atoms with Gasteiger partial charge in [-0.25, -0.2) is 10.5 Å². The van der Waals surface area contributed by atoms with Crippen LogP contribution in [0.2, 0.25) is 0 Å². The van der Waals surface area contributed by atoms with Gasteiger partial charge < -0.3 is 5.11 Å². The topological polar surface area (TPSA) is 104 Å². The minimum absolute atomic E-state index is 0.157. The second kappa shape index (κ2) is 6.69. The van der Waals surface area contributed by atoms with Gasteiger partial charge >= 0.3 is 0 Å². The lowest BCUT2D eigenvalue weighted by Crippen LogP contribution is -2.26. The molecule has 120 valence electrons. The van der Waals surface area contributed by atoms with Crippen LogP contribution in [-0.2, 0) is 0 Å². The molecular weight excluding hydrogens is 308 g/mol. The molecule has 0 bridgehead atoms. The Hall–Kier alpha value is -3.55. The average Bonchev–Trinajstić information content (AvgIpc) is 2.61. The minimum atomic E-state index is -0.257. The van der Waals surface area contributed by atoms with Gasteiger partial charge in [0.15, 0.2) is 5.84 Å². The maximum atomic E-state index is 12.3. The van der Waals surface area contributed by atoms with E-state index >= 15 is 0 Å². The average molecular weight is 322 g/mol. The molecule has 0 spiro atoms. The number of aromatic hydroxyl groups is 1. The van der Waals surface area contributed by atoms with Gasteiger partial charge in [0.1, 0.15) is 12.1 Å². The number of azo groups is 1. The molecule has 2 aromatic carbocycles. The standard InChI is InChI=1S/C16H14N6O2/c1-11(18-20-12-6-8-13(23)9-7-12)19-21-22-10-17-15-5-3-2-4-14(15)16(22)24/h2-10,21,23H,1H3. The summed E-state index contributed by atoms with van der Waals surface area (Å²) < 4.78 is 1.17. The highest BCUT2D eigenvalue weighted by molar-refractivity contribution is 5.80. The number of hydrogen-bond acceptors (Lipinski definition) is 6. The van der Waals surface area contributed by atoms with E-state index in [0.29, 0.717) is 22.4 Å². The lowest BCUT2D eigenvalue weighted by Gasteiger charge is -2.04. The third kappa shape index (κ3) is 3.43. The van der Waals surface area contributed by atoms with Gasteiger partial charge in [-0.2, -0.15) is 4.68 Å². The van der Waals surface area contributed by atoms with Crippen LogP contribution < -0.4 is 11.1 Å². The summed E-state index contributed by atoms with van der Waals surface area (Å²) in [5.41, 5.74) is 3.52. The number of aromatic nitrogens is 2. The van der Waals surface area contributed by atoms with Gasteiger partial charge in [0, 0.05) is 0 Å². The Bertz CT molecular complexity index is 976. The Labute approximate surface area is 136 Å². The van der Waals surface area contributed by atoms with Crippen LogP contribution in [0, 0.1) is 0 Å². The van der Waals surface area contributed by atoms with Crippen LogP contribution in [0.5, 0.6) is 5.75 Å². The van der Waals surface area contributed by atoms with Gasteiger partial charge in [-0.15, -0.1) is 15.3 Å². The molecule has 2 N–H and O–H groups in total. The summed E-state index contributed by atoms with van der Waals surface area (Å²) in [5.74, 6) is 0.479. The van der Waals surface area contributed by atoms with Crippen molar-refractivity contribution in [1.82, 2.24) is 9.66 Å². The van der Waals surface area contributed by atoms with E-state index in [1.165, 1.54) is 23.1 Å². The summed E-state index contributed by atoms with van der Waals surface area (Å²) in [5, 5.41) is 21.6. The van der Waals surface area contributed by atoms with Crippen molar-refractivity contribution in [2.24, 2.45) is 15.3 Å². The zero-order valence-corrected chi connectivity index (χ0v) is 12.8. The Kier molecular flexibility index (Phi) is 4.28. The molecule has 0 unspecified atom stereocenters. The second-order valence-electron chi connectivity index (χ2n) is 4.91. The van der Waals surface area contributed by atoms with E-state index in [2.05, 4.69) is 25.8 Å². The highest BCUT2D eigenvalue weighted by Crippen LogP contribution is 2.16. The summed E-state index contributed by atoms with van der Waals surface area (Å²) in [6.07, 6.45) is 1.36. The van der Waals surface area contributed by atoms with E-state index in [0.717, 1.165) is 0 Å². The summed E-state index contributed by atoms with van der Waals surface area (Å²) in [4.78, 5) is 16.4. The zero-order chi connectivity index (χ0) is 16.9. The fourth-order valence-electron chi connectivity index (χ4n) is 1.94. The van der Waals surface area contributed by atoms with Crippen molar-refractivity contribution in [3.63, 3.8) is 0 Å². The molecule has 0 atom stereocenters. The Morgan fingerprint density at radius 2 is 1.92 bits per heavy atom. The van der Waals surface area contributed by atoms with Crippen LogP contribution in [0.25, 0.3) is 10.9 Å². The Morgan fingerprint density at radius 1 is 1.17 bits per heavy atom. The van der Waals surface area contributed by atoms with E-state index in [1.54, 1.807) is 37.3 Å². The molecule has 3 aromatic rings. The van der Waals surface area contributed by atoms with Crippen LogP contribution >= 0.6 is 0 Å². The molecule has 24 heavy (non-hydrogen) atoms. The number of phenols is 1. The van der Waals surface area contributed by atoms with Gasteiger partial charge in [0.2, 0.25) is 0 Å². The predicted molar refractivity (Wildman–Crippen MR) is 91.1 cm³/mol. The molecule has 0 fully saturated rings. The number of hydrogen-bond donors (Lipinski definition) is 2. The van der Waals surface area contributed by atoms with Crippen molar-refractivity contribution in [2.75, 3.05) is 5.53 Å². The number of rotatable bonds is 3. The predicted octanol–water partition coefficient (Wildman–Crippen LogP) is 2.76. The number of nitrogens with zero attached hydrogens (tertiary/aromatic N) is 5. The number of fused-ring (bicyclic) bond motifs is 1. The molecule has 8 heteroatoms. The molecule has 0 aliphatic heterocycles. The van der Waals surface area contributed by atoms with E-state index in [-0.39, 0.29) is 11.3 Å². The second-order valence-corrected chi connectivity index (χ2v) is 4.91. The number of amidine groups is 1. The summed E-state index contributed by atoms with van der Waals surface area (Å²) in [6, 6.07) is 13.3. The molecule has 0 saturated carbocycles. The van der Waals surface area contributed by atoms with E-state index < -0.39 is 0 Å². The highest BCUT2D eigenvalue weighted by Gasteiger charge is 2.02. The van der Waals surface area contributed by atoms with E-state index in [1.807, 2.05) is 6.07 Å². The van der Waals surface area contributed by atoms with Crippen LogP contribution in [0.3, 0.4) is 0 Å². The third-order valence-electron chi connectivity index (χ3n) is 3.14. The van der Waals surface area contributed by atoms with Gasteiger partial charge in [0.25, 0.3) is 5.56 Å². The lowest BCUT2D eigenvalue weighted by molar-refractivity contribution is 0.475. The van der Waals surface area contributed by atoms with Crippen LogP contribution in [-0.4, -0.2) is 20.6 Å². The van der Waals surface area contributed by atoms with Gasteiger partial charge in [-0.3, -0.25) is 4.79 Å². The molecule has 3 rings (SSSR count). The molecule has 1 heterocycles. The first-order valence-corrected chi connectivity index (χ1v) is 7.11. The van der Waals surface area contributed by atoms with Crippen LogP contribution in [0.15, 0.2) is 75.0 Å². The quantitative estimate of drug-likeness (QED) is 0.335. The number of para-hydroxylation sites is 1. The SMILES string of the molecule is CC(N=Nc1ccc(O)cc1)=NNn1cnc2ccccc2c1=O. The molecule has 1 aromatic heterocycles. The number of hydrazone groups is 1. The number of nitrogens with one attached hydrogen (secondary N) is 1. The Morgan fingerprint density at radius 3 is 2.71 bits per heavy atom. The molecule has 0 aliphatic carbocycles. The van der Waals surface area contributed by atoms with Gasteiger partial charge in [-0.1, -0.05) is 12.1 Å². The molecule has 0 radical (unpaired) electrons. The first kappa shape index (κ1) is 15.3. The van der Waals surface area contributed by atoms with Gasteiger partial charge in [0.05, 0.1) is 16.6 Å². The minimum Gasteiger partial charge on any atom is -0.508 e. The molecular formula is C16H14N6O2. The van der Waals surface area contributed by atoms with Crippen LogP contribution in [0.1, 0.15) is 6.92 Å². The highest BCUT2D eigenvalue weighted by atomic mass is 16.3. The smallest absolute Gasteiger partial charge is 0.281 e. The lowest BCUT2D eigenvalue weighted by atomic mass is 10.2. The van der Waals surface area contributed by atoms with Crippen molar-refractivity contribution in [2.45, 2.75) is 6.92 Å². The number of phenolic OH excluding ortho intramolecular Hbond substituents is 1. The first-order valence-electron chi connectivity index (χ1n) is 7.11. The van der Waals surface area contributed by atoms with E-state index in [4.69, 9.17) is 0 Å². The largest absolute Gasteiger partial charge is 0.508 e. The number of benzene rings is 2. The first-order chi connectivity index (χ1) is 11.6. The van der Waals surface area contributed by atoms with Crippen LogP contribution in [0.4, 0.5) is 5.69 Å². The summed E-state index contributed by atoms with van der Waals surface area (Å²) >= 11 is 0. The van der Waals surface area contributed by atoms with Crippen molar-refractivity contribution < 1.29 is 5.11 Å². The fraction of sp³-hybridized carbons (Fsp3) is 0.0625. The zero-order valence-electron chi connectivity index (χ0n) is 12.8. The van der Waals surface area contributed by atoms with Crippen molar-refractivity contribution in [3.05, 3.63) is 65.2 Å². The van der Waals surface area contributed by atoms with Crippen molar-refractivity contribution >= 4 is 22.4 Å². The van der Waals surface area contributed by atoms with E-state index in [9.17, 15) is 9.90 Å². The third-order valence-corrected chi connectivity index (χ3v) is 3.14. The monoisotopic (exact) mass is 322 g/mol. The molecule has 0 amide bonds. The summed E-state index contributed by atoms with van der Waals surface area (Å²) in [6.45, 7) is 1.64. The van der Waals surface area contributed by atoms with Gasteiger partial charge in [-0.05, 0) is 43.3 Å². The maximum Gasteiger partial charge on any atom is 0.281 e. The normalized spacial score (nSPS) is 12.0. The molecule has 0 saturated heterocycles. The fourth-order valence-corrected chi connectivity index (χ4v) is 1.94. The van der Waals surface area contributed by atoms with Crippen molar-refractivity contribution in [3.8, 4) is 5.75 Å². The Balaban J connectivity index is 1.76.